The smallest absolute Gasteiger partial charge is 0.401 e. The molecule has 8 heteroatoms. The van der Waals surface area contributed by atoms with Crippen molar-refractivity contribution in [2.24, 2.45) is 0 Å². The second kappa shape index (κ2) is 7.91. The molecule has 0 fully saturated rings. The van der Waals surface area contributed by atoms with Gasteiger partial charge in [0.1, 0.15) is 0 Å². The van der Waals surface area contributed by atoms with Gasteiger partial charge in [-0.15, -0.1) is 0 Å². The Morgan fingerprint density at radius 2 is 1.94 bits per heavy atom. The normalized spacial score (nSPS) is 13.1. The molecule has 1 amide bonds. The molecule has 3 N–H and O–H groups in total. The van der Waals surface area contributed by atoms with Crippen molar-refractivity contribution >= 4 is 11.9 Å². The van der Waals surface area contributed by atoms with Crippen molar-refractivity contribution in [1.82, 2.24) is 10.6 Å². The molecule has 18 heavy (non-hydrogen) atoms. The fourth-order valence-corrected chi connectivity index (χ4v) is 1.38. The monoisotopic (exact) mass is 270 g/mol. The van der Waals surface area contributed by atoms with Gasteiger partial charge < -0.3 is 15.7 Å². The van der Waals surface area contributed by atoms with Crippen LogP contribution in [0.4, 0.5) is 13.2 Å². The van der Waals surface area contributed by atoms with E-state index in [0.717, 1.165) is 0 Å². The van der Waals surface area contributed by atoms with Crippen LogP contribution in [0, 0.1) is 0 Å². The molecule has 106 valence electrons. The summed E-state index contributed by atoms with van der Waals surface area (Å²) in [5.41, 5.74) is 0. The Bertz CT molecular complexity index is 282. The van der Waals surface area contributed by atoms with Gasteiger partial charge in [0.15, 0.2) is 0 Å². The molecular weight excluding hydrogens is 253 g/mol. The fraction of sp³-hybridized carbons (Fsp3) is 0.800. The summed E-state index contributed by atoms with van der Waals surface area (Å²) in [6, 6.07) is -0.548. The Labute approximate surface area is 103 Å². The number of nitrogens with one attached hydrogen (secondary N) is 2. The van der Waals surface area contributed by atoms with Gasteiger partial charge in [-0.2, -0.15) is 13.2 Å². The first kappa shape index (κ1) is 16.7. The Hall–Kier alpha value is -1.31. The number of rotatable bonds is 8. The molecule has 0 aliphatic rings. The minimum atomic E-state index is -4.37. The van der Waals surface area contributed by atoms with Gasteiger partial charge >= 0.3 is 12.1 Å². The van der Waals surface area contributed by atoms with Crippen LogP contribution in [0.15, 0.2) is 0 Å². The summed E-state index contributed by atoms with van der Waals surface area (Å²) in [6.07, 6.45) is -3.46. The summed E-state index contributed by atoms with van der Waals surface area (Å²) in [5.74, 6) is -1.70. The minimum Gasteiger partial charge on any atom is -0.481 e. The van der Waals surface area contributed by atoms with Gasteiger partial charge in [0.25, 0.3) is 0 Å². The summed E-state index contributed by atoms with van der Waals surface area (Å²) in [6.45, 7) is 0.0834. The topological polar surface area (TPSA) is 78.4 Å². The van der Waals surface area contributed by atoms with Crippen LogP contribution in [0.3, 0.4) is 0 Å². The van der Waals surface area contributed by atoms with Crippen LogP contribution in [-0.4, -0.2) is 42.3 Å². The fourth-order valence-electron chi connectivity index (χ4n) is 1.38. The number of amides is 1. The molecule has 5 nitrogen and oxygen atoms in total. The molecular formula is C10H17F3N2O3. The Morgan fingerprint density at radius 1 is 1.33 bits per heavy atom. The van der Waals surface area contributed by atoms with E-state index in [1.165, 1.54) is 0 Å². The van der Waals surface area contributed by atoms with Crippen LogP contribution in [0.1, 0.15) is 26.2 Å². The standard InChI is InChI=1S/C10H17F3N2O3/c1-2-3-7(4-9(17)18)15-8(16)5-14-6-10(11,12)13/h7,14H,2-6H2,1H3,(H,15,16)(H,17,18). The van der Waals surface area contributed by atoms with Gasteiger partial charge in [-0.25, -0.2) is 0 Å². The van der Waals surface area contributed by atoms with Crippen molar-refractivity contribution in [3.63, 3.8) is 0 Å². The molecule has 0 aromatic rings. The molecule has 0 radical (unpaired) electrons. The lowest BCUT2D eigenvalue weighted by molar-refractivity contribution is -0.137. The van der Waals surface area contributed by atoms with E-state index in [-0.39, 0.29) is 6.42 Å². The highest BCUT2D eigenvalue weighted by Crippen LogP contribution is 2.11. The number of carboxylic acids is 1. The van der Waals surface area contributed by atoms with Crippen molar-refractivity contribution in [2.45, 2.75) is 38.4 Å². The predicted molar refractivity (Wildman–Crippen MR) is 58.0 cm³/mol. The lowest BCUT2D eigenvalue weighted by Gasteiger charge is -2.16. The number of carboxylic acid groups (broad SMARTS) is 1. The number of hydrogen-bond acceptors (Lipinski definition) is 3. The van der Waals surface area contributed by atoms with Crippen molar-refractivity contribution in [2.75, 3.05) is 13.1 Å². The zero-order valence-corrected chi connectivity index (χ0v) is 10.0. The third-order valence-corrected chi connectivity index (χ3v) is 2.03. The van der Waals surface area contributed by atoms with Gasteiger partial charge in [-0.1, -0.05) is 13.3 Å². The van der Waals surface area contributed by atoms with Crippen LogP contribution in [-0.2, 0) is 9.59 Å². The van der Waals surface area contributed by atoms with Crippen molar-refractivity contribution < 1.29 is 27.9 Å². The van der Waals surface area contributed by atoms with E-state index in [1.807, 2.05) is 12.2 Å². The molecule has 0 saturated heterocycles. The van der Waals surface area contributed by atoms with Crippen LogP contribution >= 0.6 is 0 Å². The van der Waals surface area contributed by atoms with Gasteiger partial charge in [0, 0.05) is 6.04 Å². The number of aliphatic carboxylic acids is 1. The van der Waals surface area contributed by atoms with Crippen LogP contribution in [0.25, 0.3) is 0 Å². The van der Waals surface area contributed by atoms with Crippen LogP contribution < -0.4 is 10.6 Å². The highest BCUT2D eigenvalue weighted by molar-refractivity contribution is 5.79. The second-order valence-electron chi connectivity index (χ2n) is 3.87. The molecule has 0 heterocycles. The summed E-state index contributed by atoms with van der Waals surface area (Å²) in [7, 11) is 0. The lowest BCUT2D eigenvalue weighted by Crippen LogP contribution is -2.43. The summed E-state index contributed by atoms with van der Waals surface area (Å²) in [5, 5.41) is 12.9. The van der Waals surface area contributed by atoms with E-state index in [2.05, 4.69) is 5.32 Å². The average Bonchev–Trinajstić information content (AvgIpc) is 2.14. The average molecular weight is 270 g/mol. The maximum absolute atomic E-state index is 11.8. The molecule has 0 rings (SSSR count). The maximum atomic E-state index is 11.8. The zero-order valence-electron chi connectivity index (χ0n) is 10.0. The van der Waals surface area contributed by atoms with E-state index in [1.54, 1.807) is 0 Å². The minimum absolute atomic E-state index is 0.237. The highest BCUT2D eigenvalue weighted by atomic mass is 19.4. The predicted octanol–water partition coefficient (Wildman–Crippen LogP) is 0.898. The first-order valence-corrected chi connectivity index (χ1v) is 5.53. The maximum Gasteiger partial charge on any atom is 0.401 e. The number of alkyl halides is 3. The van der Waals surface area contributed by atoms with Crippen molar-refractivity contribution in [3.05, 3.63) is 0 Å². The Balaban J connectivity index is 3.98. The molecule has 0 aliphatic heterocycles. The third-order valence-electron chi connectivity index (χ3n) is 2.03. The number of halogens is 3. The van der Waals surface area contributed by atoms with E-state index in [9.17, 15) is 22.8 Å². The molecule has 0 saturated carbocycles. The molecule has 1 unspecified atom stereocenters. The zero-order chi connectivity index (χ0) is 14.2. The van der Waals surface area contributed by atoms with Gasteiger partial charge in [0.05, 0.1) is 19.5 Å². The first-order chi connectivity index (χ1) is 8.24. The first-order valence-electron chi connectivity index (χ1n) is 5.53. The third kappa shape index (κ3) is 9.88. The summed E-state index contributed by atoms with van der Waals surface area (Å²) >= 11 is 0. The Morgan fingerprint density at radius 3 is 2.39 bits per heavy atom. The van der Waals surface area contributed by atoms with E-state index in [0.29, 0.717) is 12.8 Å². The molecule has 1 atom stereocenters. The van der Waals surface area contributed by atoms with Gasteiger partial charge in [-0.3, -0.25) is 9.59 Å². The SMILES string of the molecule is CCCC(CC(=O)O)NC(=O)CNCC(F)(F)F. The molecule has 0 bridgehead atoms. The summed E-state index contributed by atoms with van der Waals surface area (Å²) < 4.78 is 35.4. The quantitative estimate of drug-likeness (QED) is 0.612. The van der Waals surface area contributed by atoms with Crippen molar-refractivity contribution in [1.29, 1.82) is 0 Å². The summed E-state index contributed by atoms with van der Waals surface area (Å²) in [4.78, 5) is 21.8. The number of carbonyl (C=O) groups is 2. The van der Waals surface area contributed by atoms with Gasteiger partial charge in [0.2, 0.25) is 5.91 Å². The van der Waals surface area contributed by atoms with Crippen molar-refractivity contribution in [3.8, 4) is 0 Å². The molecule has 0 spiro atoms. The largest absolute Gasteiger partial charge is 0.481 e. The van der Waals surface area contributed by atoms with Crippen LogP contribution in [0.2, 0.25) is 0 Å². The molecule has 0 aliphatic carbocycles. The highest BCUT2D eigenvalue weighted by Gasteiger charge is 2.26. The second-order valence-corrected chi connectivity index (χ2v) is 3.87. The number of carbonyl (C=O) groups excluding carboxylic acids is 1. The van der Waals surface area contributed by atoms with E-state index in [4.69, 9.17) is 5.11 Å². The Kier molecular flexibility index (Phi) is 7.33. The van der Waals surface area contributed by atoms with Gasteiger partial charge in [-0.05, 0) is 6.42 Å². The molecule has 0 aromatic heterocycles. The van der Waals surface area contributed by atoms with Crippen LogP contribution in [0.5, 0.6) is 0 Å². The molecule has 0 aromatic carbocycles. The van der Waals surface area contributed by atoms with E-state index >= 15 is 0 Å². The van der Waals surface area contributed by atoms with E-state index < -0.39 is 37.2 Å². The lowest BCUT2D eigenvalue weighted by atomic mass is 10.1. The number of hydrogen-bond donors (Lipinski definition) is 3.